The minimum atomic E-state index is -1.24. The molecule has 1 amide bonds. The Morgan fingerprint density at radius 3 is 2.57 bits per heavy atom. The first-order chi connectivity index (χ1) is 13.3. The lowest BCUT2D eigenvalue weighted by Crippen LogP contribution is -2.30. The first-order valence-electron chi connectivity index (χ1n) is 8.06. The molecule has 1 aromatic heterocycles. The van der Waals surface area contributed by atoms with E-state index in [1.807, 2.05) is 0 Å². The van der Waals surface area contributed by atoms with Crippen molar-refractivity contribution in [2.75, 3.05) is 18.5 Å². The van der Waals surface area contributed by atoms with Crippen LogP contribution < -0.4 is 14.8 Å². The molecular formula is C17H14ClN3O7. The van der Waals surface area contributed by atoms with E-state index in [0.29, 0.717) is 5.02 Å². The Morgan fingerprint density at radius 1 is 1.29 bits per heavy atom. The van der Waals surface area contributed by atoms with Crippen molar-refractivity contribution < 1.29 is 28.7 Å². The molecule has 1 aliphatic heterocycles. The van der Waals surface area contributed by atoms with Gasteiger partial charge < -0.3 is 19.5 Å². The Morgan fingerprint density at radius 2 is 1.96 bits per heavy atom. The molecule has 0 fully saturated rings. The van der Waals surface area contributed by atoms with E-state index >= 15 is 0 Å². The summed E-state index contributed by atoms with van der Waals surface area (Å²) in [5, 5.41) is 14.1. The standard InChI is InChI=1S/C17H14ClN3O7/c1-9(16(22)20-15-3-2-10(18)8-19-15)28-17(23)11-6-13-14(27-5-4-26-13)7-12(11)21(24)25/h2-3,6-9H,4-5H2,1H3,(H,19,20,22)/t9-/m1/s1. The molecule has 146 valence electrons. The number of ether oxygens (including phenoxy) is 3. The normalized spacial score (nSPS) is 13.4. The second-order valence-electron chi connectivity index (χ2n) is 5.67. The Kier molecular flexibility index (Phi) is 5.59. The van der Waals surface area contributed by atoms with E-state index in [1.165, 1.54) is 31.3 Å². The molecule has 3 rings (SSSR count). The predicted molar refractivity (Wildman–Crippen MR) is 96.8 cm³/mol. The SMILES string of the molecule is C[C@@H](OC(=O)c1cc2c(cc1[N+](=O)[O-])OCCO2)C(=O)Nc1ccc(Cl)cn1. The number of nitro groups is 1. The number of nitrogens with one attached hydrogen (secondary N) is 1. The molecule has 0 spiro atoms. The number of carbonyl (C=O) groups is 2. The van der Waals surface area contributed by atoms with Crippen molar-refractivity contribution in [2.45, 2.75) is 13.0 Å². The maximum atomic E-state index is 12.4. The zero-order valence-electron chi connectivity index (χ0n) is 14.5. The molecule has 1 N–H and O–H groups in total. The Balaban J connectivity index is 1.75. The highest BCUT2D eigenvalue weighted by Gasteiger charge is 2.29. The van der Waals surface area contributed by atoms with E-state index in [1.54, 1.807) is 0 Å². The van der Waals surface area contributed by atoms with Crippen LogP contribution in [0.2, 0.25) is 5.02 Å². The monoisotopic (exact) mass is 407 g/mol. The van der Waals surface area contributed by atoms with Gasteiger partial charge in [0.15, 0.2) is 17.6 Å². The van der Waals surface area contributed by atoms with Crippen LogP contribution in [0, 0.1) is 10.1 Å². The number of hydrogen-bond acceptors (Lipinski definition) is 8. The summed E-state index contributed by atoms with van der Waals surface area (Å²) in [4.78, 5) is 39.1. The number of halogens is 1. The molecule has 0 unspecified atom stereocenters. The van der Waals surface area contributed by atoms with Crippen LogP contribution in [0.25, 0.3) is 0 Å². The number of fused-ring (bicyclic) bond motifs is 1. The van der Waals surface area contributed by atoms with Gasteiger partial charge in [-0.3, -0.25) is 14.9 Å². The van der Waals surface area contributed by atoms with Gasteiger partial charge in [-0.05, 0) is 19.1 Å². The smallest absolute Gasteiger partial charge is 0.346 e. The number of hydrogen-bond donors (Lipinski definition) is 1. The van der Waals surface area contributed by atoms with Gasteiger partial charge in [0.2, 0.25) is 0 Å². The summed E-state index contributed by atoms with van der Waals surface area (Å²) < 4.78 is 15.7. The third kappa shape index (κ3) is 4.29. The van der Waals surface area contributed by atoms with Crippen LogP contribution >= 0.6 is 11.6 Å². The number of nitro benzene ring substituents is 1. The highest BCUT2D eigenvalue weighted by molar-refractivity contribution is 6.30. The lowest BCUT2D eigenvalue weighted by molar-refractivity contribution is -0.385. The molecule has 0 bridgehead atoms. The molecule has 2 aromatic rings. The molecule has 1 aliphatic rings. The van der Waals surface area contributed by atoms with Crippen molar-refractivity contribution in [3.05, 3.63) is 51.2 Å². The minimum absolute atomic E-state index is 0.161. The quantitative estimate of drug-likeness (QED) is 0.454. The van der Waals surface area contributed by atoms with Crippen LogP contribution in [-0.4, -0.2) is 41.1 Å². The summed E-state index contributed by atoms with van der Waals surface area (Å²) in [6.07, 6.45) is 0.102. The van der Waals surface area contributed by atoms with Gasteiger partial charge in [-0.2, -0.15) is 0 Å². The average Bonchev–Trinajstić information content (AvgIpc) is 2.68. The number of rotatable bonds is 5. The summed E-state index contributed by atoms with van der Waals surface area (Å²) in [5.74, 6) is -1.15. The predicted octanol–water partition coefficient (Wildman–Crippen LogP) is 2.60. The second kappa shape index (κ2) is 8.09. The largest absolute Gasteiger partial charge is 0.486 e. The Hall–Kier alpha value is -3.40. The molecule has 1 aromatic carbocycles. The number of pyridine rings is 1. The molecule has 0 radical (unpaired) electrons. The third-order valence-corrected chi connectivity index (χ3v) is 3.93. The summed E-state index contributed by atoms with van der Waals surface area (Å²) in [7, 11) is 0. The van der Waals surface area contributed by atoms with Crippen molar-refractivity contribution in [3.8, 4) is 11.5 Å². The van der Waals surface area contributed by atoms with Gasteiger partial charge in [0.25, 0.3) is 11.6 Å². The number of amides is 1. The molecule has 10 nitrogen and oxygen atoms in total. The molecule has 11 heteroatoms. The topological polar surface area (TPSA) is 130 Å². The number of aromatic nitrogens is 1. The van der Waals surface area contributed by atoms with Crippen molar-refractivity contribution in [1.29, 1.82) is 0 Å². The van der Waals surface area contributed by atoms with Gasteiger partial charge in [0, 0.05) is 12.3 Å². The van der Waals surface area contributed by atoms with Crippen molar-refractivity contribution in [2.24, 2.45) is 0 Å². The zero-order chi connectivity index (χ0) is 20.3. The van der Waals surface area contributed by atoms with Gasteiger partial charge in [-0.15, -0.1) is 0 Å². The molecule has 0 aliphatic carbocycles. The molecule has 0 saturated heterocycles. The fourth-order valence-electron chi connectivity index (χ4n) is 2.35. The van der Waals surface area contributed by atoms with Gasteiger partial charge in [0.1, 0.15) is 24.6 Å². The van der Waals surface area contributed by atoms with Gasteiger partial charge in [-0.25, -0.2) is 9.78 Å². The zero-order valence-corrected chi connectivity index (χ0v) is 15.3. The van der Waals surface area contributed by atoms with Crippen molar-refractivity contribution in [3.63, 3.8) is 0 Å². The fourth-order valence-corrected chi connectivity index (χ4v) is 2.46. The van der Waals surface area contributed by atoms with E-state index in [9.17, 15) is 19.7 Å². The van der Waals surface area contributed by atoms with Crippen LogP contribution in [0.5, 0.6) is 11.5 Å². The van der Waals surface area contributed by atoms with Crippen molar-refractivity contribution >= 4 is 35.0 Å². The molecule has 2 heterocycles. The Bertz CT molecular complexity index is 933. The van der Waals surface area contributed by atoms with Crippen LogP contribution in [-0.2, 0) is 9.53 Å². The highest BCUT2D eigenvalue weighted by atomic mass is 35.5. The van der Waals surface area contributed by atoms with E-state index in [2.05, 4.69) is 10.3 Å². The first kappa shape index (κ1) is 19.4. The Labute approximate surface area is 163 Å². The highest BCUT2D eigenvalue weighted by Crippen LogP contribution is 2.37. The first-order valence-corrected chi connectivity index (χ1v) is 8.44. The molecular weight excluding hydrogens is 394 g/mol. The fraction of sp³-hybridized carbons (Fsp3) is 0.235. The lowest BCUT2D eigenvalue weighted by atomic mass is 10.1. The maximum absolute atomic E-state index is 12.4. The number of nitrogens with zero attached hydrogens (tertiary/aromatic N) is 2. The number of benzene rings is 1. The lowest BCUT2D eigenvalue weighted by Gasteiger charge is -2.19. The van der Waals surface area contributed by atoms with Gasteiger partial charge in [0.05, 0.1) is 16.0 Å². The average molecular weight is 408 g/mol. The van der Waals surface area contributed by atoms with Crippen molar-refractivity contribution in [1.82, 2.24) is 4.98 Å². The van der Waals surface area contributed by atoms with Gasteiger partial charge in [-0.1, -0.05) is 11.6 Å². The van der Waals surface area contributed by atoms with E-state index in [4.69, 9.17) is 25.8 Å². The van der Waals surface area contributed by atoms with Crippen LogP contribution in [0.4, 0.5) is 11.5 Å². The van der Waals surface area contributed by atoms with E-state index < -0.39 is 28.6 Å². The van der Waals surface area contributed by atoms with E-state index in [-0.39, 0.29) is 36.1 Å². The third-order valence-electron chi connectivity index (χ3n) is 3.71. The van der Waals surface area contributed by atoms with Gasteiger partial charge >= 0.3 is 5.97 Å². The maximum Gasteiger partial charge on any atom is 0.346 e. The van der Waals surface area contributed by atoms with Crippen LogP contribution in [0.3, 0.4) is 0 Å². The van der Waals surface area contributed by atoms with Crippen LogP contribution in [0.1, 0.15) is 17.3 Å². The second-order valence-corrected chi connectivity index (χ2v) is 6.11. The molecule has 1 atom stereocenters. The molecule has 0 saturated carbocycles. The minimum Gasteiger partial charge on any atom is -0.486 e. The summed E-state index contributed by atoms with van der Waals surface area (Å²) >= 11 is 5.72. The molecule has 28 heavy (non-hydrogen) atoms. The van der Waals surface area contributed by atoms with E-state index in [0.717, 1.165) is 6.07 Å². The number of anilines is 1. The van der Waals surface area contributed by atoms with Crippen LogP contribution in [0.15, 0.2) is 30.5 Å². The summed E-state index contributed by atoms with van der Waals surface area (Å²) in [6, 6.07) is 5.26. The summed E-state index contributed by atoms with van der Waals surface area (Å²) in [6.45, 7) is 1.81. The number of carbonyl (C=O) groups excluding carboxylic acids is 2. The summed E-state index contributed by atoms with van der Waals surface area (Å²) in [5.41, 5.74) is -0.861. The number of esters is 1.